The molecule has 0 unspecified atom stereocenters. The number of anilines is 1. The molecule has 0 aliphatic carbocycles. The van der Waals surface area contributed by atoms with Gasteiger partial charge in [0, 0.05) is 0 Å². The molecule has 0 aliphatic rings. The van der Waals surface area contributed by atoms with Gasteiger partial charge in [-0.2, -0.15) is 5.26 Å². The van der Waals surface area contributed by atoms with Gasteiger partial charge < -0.3 is 5.11 Å². The molecule has 6 nitrogen and oxygen atoms in total. The van der Waals surface area contributed by atoms with Gasteiger partial charge in [0.15, 0.2) is 0 Å². The van der Waals surface area contributed by atoms with E-state index in [2.05, 4.69) is 21.5 Å². The Bertz CT molecular complexity index is 855. The van der Waals surface area contributed by atoms with Crippen LogP contribution in [0.3, 0.4) is 0 Å². The molecule has 8 heteroatoms. The lowest BCUT2D eigenvalue weighted by molar-refractivity contribution is 0.350. The molecule has 0 radical (unpaired) electrons. The number of pyridine rings is 1. The lowest BCUT2D eigenvalue weighted by Gasteiger charge is -2.05. The van der Waals surface area contributed by atoms with Crippen molar-refractivity contribution < 1.29 is 13.5 Å². The number of nitrogens with zero attached hydrogens (tertiary/aromatic N) is 2. The van der Waals surface area contributed by atoms with Gasteiger partial charge in [-0.15, -0.1) is 11.3 Å². The molecule has 21 heavy (non-hydrogen) atoms. The van der Waals surface area contributed by atoms with E-state index in [4.69, 9.17) is 10.4 Å². The summed E-state index contributed by atoms with van der Waals surface area (Å²) in [4.78, 5) is 4.32. The maximum Gasteiger partial charge on any atom is 0.272 e. The average molecular weight is 319 g/mol. The first-order chi connectivity index (χ1) is 10.0. The van der Waals surface area contributed by atoms with Gasteiger partial charge in [0.25, 0.3) is 10.0 Å². The molecule has 0 atom stereocenters. The van der Waals surface area contributed by atoms with E-state index >= 15 is 0 Å². The predicted molar refractivity (Wildman–Crippen MR) is 78.0 cm³/mol. The third-order valence-corrected chi connectivity index (χ3v) is 5.08. The van der Waals surface area contributed by atoms with Crippen molar-refractivity contribution in [3.63, 3.8) is 0 Å². The van der Waals surface area contributed by atoms with E-state index in [1.807, 2.05) is 6.07 Å². The molecule has 2 aromatic heterocycles. The first-order valence-electron chi connectivity index (χ1n) is 5.65. The Hall–Kier alpha value is -2.39. The SMILES string of the molecule is N#Cc1ccc(S(=O)(=O)Nc2cccc(C#CCO)n2)s1. The van der Waals surface area contributed by atoms with E-state index in [-0.39, 0.29) is 16.6 Å². The molecule has 0 spiro atoms. The van der Waals surface area contributed by atoms with E-state index in [1.54, 1.807) is 12.1 Å². The molecular weight excluding hydrogens is 310 g/mol. The van der Waals surface area contributed by atoms with Crippen LogP contribution in [0.4, 0.5) is 5.82 Å². The largest absolute Gasteiger partial charge is 0.384 e. The zero-order chi connectivity index (χ0) is 15.3. The Morgan fingerprint density at radius 1 is 1.33 bits per heavy atom. The van der Waals surface area contributed by atoms with Crippen LogP contribution in [0, 0.1) is 23.2 Å². The van der Waals surface area contributed by atoms with Crippen LogP contribution in [0.25, 0.3) is 0 Å². The van der Waals surface area contributed by atoms with Crippen molar-refractivity contribution in [2.75, 3.05) is 11.3 Å². The number of nitrogens with one attached hydrogen (secondary N) is 1. The molecular formula is C13H9N3O3S2. The number of nitriles is 1. The van der Waals surface area contributed by atoms with Crippen molar-refractivity contribution in [2.45, 2.75) is 4.21 Å². The van der Waals surface area contributed by atoms with Crippen LogP contribution >= 0.6 is 11.3 Å². The first-order valence-corrected chi connectivity index (χ1v) is 7.94. The van der Waals surface area contributed by atoms with Crippen LogP contribution in [0.5, 0.6) is 0 Å². The molecule has 0 aromatic carbocycles. The van der Waals surface area contributed by atoms with Gasteiger partial charge >= 0.3 is 0 Å². The third kappa shape index (κ3) is 3.80. The molecule has 2 aromatic rings. The van der Waals surface area contributed by atoms with Crippen molar-refractivity contribution >= 4 is 27.2 Å². The quantitative estimate of drug-likeness (QED) is 0.826. The minimum atomic E-state index is -3.78. The van der Waals surface area contributed by atoms with Crippen molar-refractivity contribution in [3.05, 3.63) is 40.9 Å². The molecule has 0 bridgehead atoms. The summed E-state index contributed by atoms with van der Waals surface area (Å²) >= 11 is 0.877. The lowest BCUT2D eigenvalue weighted by atomic mass is 10.3. The average Bonchev–Trinajstić information content (AvgIpc) is 2.95. The van der Waals surface area contributed by atoms with E-state index < -0.39 is 10.0 Å². The summed E-state index contributed by atoms with van der Waals surface area (Å²) in [6, 6.07) is 9.37. The maximum atomic E-state index is 12.1. The Morgan fingerprint density at radius 2 is 2.14 bits per heavy atom. The standard InChI is InChI=1S/C13H9N3O3S2/c14-9-11-6-7-13(20-11)21(18,19)16-12-5-1-3-10(15-12)4-2-8-17/h1,3,5-7,17H,8H2,(H,15,16). The van der Waals surface area contributed by atoms with Crippen LogP contribution < -0.4 is 4.72 Å². The van der Waals surface area contributed by atoms with Crippen LogP contribution in [-0.4, -0.2) is 25.1 Å². The second kappa shape index (κ2) is 6.37. The number of aromatic nitrogens is 1. The summed E-state index contributed by atoms with van der Waals surface area (Å²) in [5.74, 6) is 5.13. The fraction of sp³-hybridized carbons (Fsp3) is 0.0769. The van der Waals surface area contributed by atoms with Gasteiger partial charge in [-0.3, -0.25) is 4.72 Å². The number of thiophene rings is 1. The Labute approximate surface area is 125 Å². The molecule has 0 saturated heterocycles. The Morgan fingerprint density at radius 3 is 2.81 bits per heavy atom. The molecule has 0 saturated carbocycles. The number of hydrogen-bond donors (Lipinski definition) is 2. The zero-order valence-electron chi connectivity index (χ0n) is 10.6. The topological polar surface area (TPSA) is 103 Å². The van der Waals surface area contributed by atoms with Gasteiger partial charge in [-0.1, -0.05) is 12.0 Å². The summed E-state index contributed by atoms with van der Waals surface area (Å²) in [5.41, 5.74) is 0.341. The maximum absolute atomic E-state index is 12.1. The summed E-state index contributed by atoms with van der Waals surface area (Å²) in [6.07, 6.45) is 0. The lowest BCUT2D eigenvalue weighted by Crippen LogP contribution is -2.12. The highest BCUT2D eigenvalue weighted by molar-refractivity contribution is 7.94. The van der Waals surface area contributed by atoms with Crippen LogP contribution in [0.2, 0.25) is 0 Å². The Kier molecular flexibility index (Phi) is 4.55. The number of aliphatic hydroxyl groups is 1. The molecule has 106 valence electrons. The number of rotatable bonds is 3. The number of hydrogen-bond acceptors (Lipinski definition) is 6. The monoisotopic (exact) mass is 319 g/mol. The third-order valence-electron chi connectivity index (χ3n) is 2.24. The highest BCUT2D eigenvalue weighted by Crippen LogP contribution is 2.22. The van der Waals surface area contributed by atoms with Crippen LogP contribution in [0.1, 0.15) is 10.6 Å². The minimum Gasteiger partial charge on any atom is -0.384 e. The summed E-state index contributed by atoms with van der Waals surface area (Å²) in [5, 5.41) is 17.3. The van der Waals surface area contributed by atoms with E-state index in [1.165, 1.54) is 18.2 Å². The normalized spacial score (nSPS) is 10.3. The molecule has 2 heterocycles. The summed E-state index contributed by atoms with van der Waals surface area (Å²) in [6.45, 7) is -0.302. The van der Waals surface area contributed by atoms with Crippen LogP contribution in [0.15, 0.2) is 34.5 Å². The van der Waals surface area contributed by atoms with Gasteiger partial charge in [-0.05, 0) is 30.2 Å². The van der Waals surface area contributed by atoms with E-state index in [0.717, 1.165) is 11.3 Å². The zero-order valence-corrected chi connectivity index (χ0v) is 12.2. The number of sulfonamides is 1. The van der Waals surface area contributed by atoms with Crippen molar-refractivity contribution in [3.8, 4) is 17.9 Å². The summed E-state index contributed by atoms with van der Waals surface area (Å²) in [7, 11) is -3.78. The second-order valence-corrected chi connectivity index (χ2v) is 6.70. The van der Waals surface area contributed by atoms with Crippen molar-refractivity contribution in [1.29, 1.82) is 5.26 Å². The summed E-state index contributed by atoms with van der Waals surface area (Å²) < 4.78 is 26.6. The van der Waals surface area contributed by atoms with Crippen LogP contribution in [-0.2, 0) is 10.0 Å². The predicted octanol–water partition coefficient (Wildman–Crippen LogP) is 1.16. The molecule has 0 aliphatic heterocycles. The first kappa shape index (κ1) is 15.0. The minimum absolute atomic E-state index is 0.0349. The highest BCUT2D eigenvalue weighted by atomic mass is 32.2. The van der Waals surface area contributed by atoms with Gasteiger partial charge in [-0.25, -0.2) is 13.4 Å². The Balaban J connectivity index is 2.26. The van der Waals surface area contributed by atoms with Gasteiger partial charge in [0.05, 0.1) is 0 Å². The number of aliphatic hydroxyl groups excluding tert-OH is 1. The fourth-order valence-corrected chi connectivity index (χ4v) is 3.51. The van der Waals surface area contributed by atoms with Gasteiger partial charge in [0.2, 0.25) is 0 Å². The fourth-order valence-electron chi connectivity index (χ4n) is 1.40. The van der Waals surface area contributed by atoms with Gasteiger partial charge in [0.1, 0.15) is 33.3 Å². The second-order valence-electron chi connectivity index (χ2n) is 3.70. The molecule has 2 N–H and O–H groups in total. The highest BCUT2D eigenvalue weighted by Gasteiger charge is 2.17. The van der Waals surface area contributed by atoms with E-state index in [9.17, 15) is 8.42 Å². The smallest absolute Gasteiger partial charge is 0.272 e. The van der Waals surface area contributed by atoms with Crippen molar-refractivity contribution in [1.82, 2.24) is 4.98 Å². The molecule has 2 rings (SSSR count). The molecule has 0 fully saturated rings. The van der Waals surface area contributed by atoms with Crippen molar-refractivity contribution in [2.24, 2.45) is 0 Å². The van der Waals surface area contributed by atoms with E-state index in [0.29, 0.717) is 10.6 Å². The molecule has 0 amide bonds.